The minimum atomic E-state index is 0.0181. The number of rotatable bonds is 4. The Bertz CT molecular complexity index is 748. The summed E-state index contributed by atoms with van der Waals surface area (Å²) < 4.78 is 0. The monoisotopic (exact) mass is 358 g/mol. The summed E-state index contributed by atoms with van der Waals surface area (Å²) in [4.78, 5) is 23.4. The molecule has 0 spiro atoms. The van der Waals surface area contributed by atoms with Crippen molar-refractivity contribution in [2.24, 2.45) is 0 Å². The Morgan fingerprint density at radius 1 is 1.32 bits per heavy atom. The van der Waals surface area contributed by atoms with Gasteiger partial charge in [0, 0.05) is 24.5 Å². The maximum absolute atomic E-state index is 12.8. The van der Waals surface area contributed by atoms with Gasteiger partial charge in [-0.2, -0.15) is 0 Å². The molecule has 0 radical (unpaired) electrons. The Kier molecular flexibility index (Phi) is 5.53. The van der Waals surface area contributed by atoms with Crippen molar-refractivity contribution in [3.63, 3.8) is 0 Å². The van der Waals surface area contributed by atoms with Crippen LogP contribution in [0.15, 0.2) is 30.6 Å². The van der Waals surface area contributed by atoms with Gasteiger partial charge in [0.25, 0.3) is 5.91 Å². The third-order valence-corrected chi connectivity index (χ3v) is 4.91. The molecule has 1 fully saturated rings. The molecule has 6 heteroatoms. The van der Waals surface area contributed by atoms with E-state index in [9.17, 15) is 4.79 Å². The standard InChI is InChI=1S/C19H23ClN4O/c1-3-16-6-4-5-9-24(16)19(25)14-10-17(20)18(22-11-14)23-15-8-7-13(2)21-12-15/h7-8,10-12,16H,3-6,9H2,1-2H3,(H,22,23)/t16-/m0/s1. The molecule has 1 saturated heterocycles. The average molecular weight is 359 g/mol. The summed E-state index contributed by atoms with van der Waals surface area (Å²) in [6.45, 7) is 4.87. The third kappa shape index (κ3) is 4.10. The van der Waals surface area contributed by atoms with Crippen molar-refractivity contribution in [1.29, 1.82) is 0 Å². The summed E-state index contributed by atoms with van der Waals surface area (Å²) in [5.41, 5.74) is 2.29. The molecule has 0 saturated carbocycles. The Balaban J connectivity index is 1.76. The molecule has 1 N–H and O–H groups in total. The summed E-state index contributed by atoms with van der Waals surface area (Å²) in [5, 5.41) is 3.56. The van der Waals surface area contributed by atoms with Crippen molar-refractivity contribution in [3.05, 3.63) is 46.9 Å². The van der Waals surface area contributed by atoms with Crippen molar-refractivity contribution in [1.82, 2.24) is 14.9 Å². The molecule has 3 rings (SSSR count). The molecule has 0 aromatic carbocycles. The van der Waals surface area contributed by atoms with Gasteiger partial charge in [0.1, 0.15) is 5.82 Å². The van der Waals surface area contributed by atoms with Gasteiger partial charge in [-0.05, 0) is 50.8 Å². The van der Waals surface area contributed by atoms with E-state index in [2.05, 4.69) is 22.2 Å². The van der Waals surface area contributed by atoms with Crippen LogP contribution < -0.4 is 5.32 Å². The van der Waals surface area contributed by atoms with Gasteiger partial charge in [-0.1, -0.05) is 18.5 Å². The minimum absolute atomic E-state index is 0.0181. The van der Waals surface area contributed by atoms with Crippen LogP contribution in [0.5, 0.6) is 0 Å². The number of likely N-dealkylation sites (tertiary alicyclic amines) is 1. The molecule has 0 aliphatic carbocycles. The zero-order valence-electron chi connectivity index (χ0n) is 14.6. The number of anilines is 2. The number of amides is 1. The largest absolute Gasteiger partial charge is 0.338 e. The average Bonchev–Trinajstić information content (AvgIpc) is 2.64. The van der Waals surface area contributed by atoms with Crippen LogP contribution in [0.4, 0.5) is 11.5 Å². The molecule has 1 aliphatic rings. The maximum atomic E-state index is 12.8. The molecule has 132 valence electrons. The fourth-order valence-electron chi connectivity index (χ4n) is 3.18. The highest BCUT2D eigenvalue weighted by molar-refractivity contribution is 6.33. The van der Waals surface area contributed by atoms with Gasteiger partial charge < -0.3 is 10.2 Å². The van der Waals surface area contributed by atoms with E-state index in [0.29, 0.717) is 22.4 Å². The van der Waals surface area contributed by atoms with E-state index < -0.39 is 0 Å². The van der Waals surface area contributed by atoms with Crippen molar-refractivity contribution < 1.29 is 4.79 Å². The van der Waals surface area contributed by atoms with E-state index in [1.807, 2.05) is 24.0 Å². The number of aromatic nitrogens is 2. The van der Waals surface area contributed by atoms with Gasteiger partial charge in [-0.15, -0.1) is 0 Å². The molecule has 1 atom stereocenters. The van der Waals surface area contributed by atoms with E-state index in [-0.39, 0.29) is 5.91 Å². The van der Waals surface area contributed by atoms with E-state index in [1.54, 1.807) is 18.5 Å². The second-order valence-corrected chi connectivity index (χ2v) is 6.83. The molecule has 0 unspecified atom stereocenters. The van der Waals surface area contributed by atoms with Gasteiger partial charge in [-0.25, -0.2) is 4.98 Å². The van der Waals surface area contributed by atoms with Crippen LogP contribution in [0.2, 0.25) is 5.02 Å². The Hall–Kier alpha value is -2.14. The lowest BCUT2D eigenvalue weighted by Crippen LogP contribution is -2.43. The maximum Gasteiger partial charge on any atom is 0.255 e. The van der Waals surface area contributed by atoms with Gasteiger partial charge in [0.2, 0.25) is 0 Å². The lowest BCUT2D eigenvalue weighted by atomic mass is 9.99. The molecule has 2 aromatic heterocycles. The molecule has 1 amide bonds. The molecule has 25 heavy (non-hydrogen) atoms. The number of halogens is 1. The van der Waals surface area contributed by atoms with Crippen LogP contribution in [0.25, 0.3) is 0 Å². The molecular weight excluding hydrogens is 336 g/mol. The highest BCUT2D eigenvalue weighted by atomic mass is 35.5. The molecular formula is C19H23ClN4O. The zero-order chi connectivity index (χ0) is 17.8. The number of pyridine rings is 2. The highest BCUT2D eigenvalue weighted by Gasteiger charge is 2.26. The van der Waals surface area contributed by atoms with E-state index in [1.165, 1.54) is 6.42 Å². The summed E-state index contributed by atoms with van der Waals surface area (Å²) in [5.74, 6) is 0.541. The van der Waals surface area contributed by atoms with Crippen LogP contribution in [0.3, 0.4) is 0 Å². The van der Waals surface area contributed by atoms with Crippen molar-refractivity contribution in [3.8, 4) is 0 Å². The number of piperidine rings is 1. The number of nitrogens with one attached hydrogen (secondary N) is 1. The van der Waals surface area contributed by atoms with Crippen molar-refractivity contribution >= 4 is 29.0 Å². The second-order valence-electron chi connectivity index (χ2n) is 6.42. The van der Waals surface area contributed by atoms with E-state index in [4.69, 9.17) is 11.6 Å². The van der Waals surface area contributed by atoms with Crippen molar-refractivity contribution in [2.45, 2.75) is 45.6 Å². The number of carbonyl (C=O) groups excluding carboxylic acids is 1. The normalized spacial score (nSPS) is 17.4. The Morgan fingerprint density at radius 3 is 2.84 bits per heavy atom. The zero-order valence-corrected chi connectivity index (χ0v) is 15.4. The van der Waals surface area contributed by atoms with Gasteiger partial charge in [-0.3, -0.25) is 9.78 Å². The Morgan fingerprint density at radius 2 is 2.16 bits per heavy atom. The third-order valence-electron chi connectivity index (χ3n) is 4.62. The predicted octanol–water partition coefficient (Wildman–Crippen LogP) is 4.59. The molecule has 2 aromatic rings. The van der Waals surface area contributed by atoms with Gasteiger partial charge in [0.15, 0.2) is 0 Å². The molecule has 3 heterocycles. The number of nitrogens with zero attached hydrogens (tertiary/aromatic N) is 3. The lowest BCUT2D eigenvalue weighted by molar-refractivity contribution is 0.0607. The van der Waals surface area contributed by atoms with E-state index in [0.717, 1.165) is 37.2 Å². The summed E-state index contributed by atoms with van der Waals surface area (Å²) in [6.07, 6.45) is 7.63. The Labute approximate surface area is 153 Å². The lowest BCUT2D eigenvalue weighted by Gasteiger charge is -2.35. The number of carbonyl (C=O) groups is 1. The molecule has 0 bridgehead atoms. The number of hydrogen-bond acceptors (Lipinski definition) is 4. The SMILES string of the molecule is CC[C@H]1CCCCN1C(=O)c1cnc(Nc2ccc(C)nc2)c(Cl)c1. The first kappa shape index (κ1) is 17.7. The molecule has 5 nitrogen and oxygen atoms in total. The fourth-order valence-corrected chi connectivity index (χ4v) is 3.40. The number of aryl methyl sites for hydroxylation is 1. The summed E-state index contributed by atoms with van der Waals surface area (Å²) in [7, 11) is 0. The number of hydrogen-bond donors (Lipinski definition) is 1. The van der Waals surface area contributed by atoms with Crippen LogP contribution in [0, 0.1) is 6.92 Å². The van der Waals surface area contributed by atoms with Crippen LogP contribution >= 0.6 is 11.6 Å². The highest BCUT2D eigenvalue weighted by Crippen LogP contribution is 2.26. The summed E-state index contributed by atoms with van der Waals surface area (Å²) in [6, 6.07) is 5.84. The van der Waals surface area contributed by atoms with Crippen LogP contribution in [-0.2, 0) is 0 Å². The van der Waals surface area contributed by atoms with Crippen LogP contribution in [-0.4, -0.2) is 33.4 Å². The fraction of sp³-hybridized carbons (Fsp3) is 0.421. The van der Waals surface area contributed by atoms with Crippen LogP contribution in [0.1, 0.15) is 48.7 Å². The van der Waals surface area contributed by atoms with Crippen molar-refractivity contribution in [2.75, 3.05) is 11.9 Å². The minimum Gasteiger partial charge on any atom is -0.338 e. The van der Waals surface area contributed by atoms with Gasteiger partial charge in [0.05, 0.1) is 22.5 Å². The first-order valence-corrected chi connectivity index (χ1v) is 9.12. The quantitative estimate of drug-likeness (QED) is 0.868. The topological polar surface area (TPSA) is 58.1 Å². The first-order chi connectivity index (χ1) is 12.1. The first-order valence-electron chi connectivity index (χ1n) is 8.74. The van der Waals surface area contributed by atoms with Gasteiger partial charge >= 0.3 is 0 Å². The summed E-state index contributed by atoms with van der Waals surface area (Å²) >= 11 is 6.35. The molecule has 1 aliphatic heterocycles. The van der Waals surface area contributed by atoms with E-state index >= 15 is 0 Å². The second kappa shape index (κ2) is 7.83. The predicted molar refractivity (Wildman–Crippen MR) is 100 cm³/mol. The smallest absolute Gasteiger partial charge is 0.255 e.